The number of benzene rings is 1. The lowest BCUT2D eigenvalue weighted by Gasteiger charge is -2.06. The van der Waals surface area contributed by atoms with Crippen LogP contribution in [-0.2, 0) is 11.2 Å². The van der Waals surface area contributed by atoms with Gasteiger partial charge in [0.2, 0.25) is 0 Å². The number of aliphatic hydroxyl groups excluding tert-OH is 1. The molecule has 3 heteroatoms. The molecule has 0 aliphatic heterocycles. The number of halogens is 1. The second kappa shape index (κ2) is 5.27. The van der Waals surface area contributed by atoms with E-state index < -0.39 is 6.10 Å². The van der Waals surface area contributed by atoms with Gasteiger partial charge in [0.1, 0.15) is 6.10 Å². The van der Waals surface area contributed by atoms with Gasteiger partial charge in [-0.05, 0) is 24.1 Å². The third-order valence-electron chi connectivity index (χ3n) is 2.03. The van der Waals surface area contributed by atoms with Crippen molar-refractivity contribution in [1.82, 2.24) is 0 Å². The summed E-state index contributed by atoms with van der Waals surface area (Å²) in [6.45, 7) is 1.80. The predicted octanol–water partition coefficient (Wildman–Crippen LogP) is 2.33. The summed E-state index contributed by atoms with van der Waals surface area (Å²) in [7, 11) is 0. The number of ketones is 1. The summed E-state index contributed by atoms with van der Waals surface area (Å²) in [6, 6.07) is 7.56. The molecule has 1 aromatic rings. The number of Topliss-reactive ketones (excluding diaryl/α,β-unsaturated/α-hetero) is 1. The predicted molar refractivity (Wildman–Crippen MR) is 59.2 cm³/mol. The van der Waals surface area contributed by atoms with Gasteiger partial charge in [0.15, 0.2) is 5.78 Å². The van der Waals surface area contributed by atoms with E-state index in [1.807, 2.05) is 24.3 Å². The number of hydrogen-bond donors (Lipinski definition) is 1. The van der Waals surface area contributed by atoms with E-state index in [1.165, 1.54) is 0 Å². The quantitative estimate of drug-likeness (QED) is 0.898. The second-order valence-corrected chi connectivity index (χ2v) is 4.11. The lowest BCUT2D eigenvalue weighted by Crippen LogP contribution is -2.21. The molecule has 1 unspecified atom stereocenters. The largest absolute Gasteiger partial charge is 0.385 e. The topological polar surface area (TPSA) is 37.3 Å². The summed E-state index contributed by atoms with van der Waals surface area (Å²) in [5.74, 6) is -0.120. The molecule has 0 saturated heterocycles. The van der Waals surface area contributed by atoms with E-state index in [4.69, 9.17) is 0 Å². The smallest absolute Gasteiger partial charge is 0.165 e. The molecule has 0 amide bonds. The molecule has 1 rings (SSSR count). The first kappa shape index (κ1) is 11.4. The Morgan fingerprint density at radius 1 is 1.57 bits per heavy atom. The molecule has 0 radical (unpaired) electrons. The van der Waals surface area contributed by atoms with Gasteiger partial charge in [-0.15, -0.1) is 0 Å². The first-order chi connectivity index (χ1) is 6.63. The van der Waals surface area contributed by atoms with Gasteiger partial charge < -0.3 is 5.11 Å². The molecular formula is C11H13BrO2. The highest BCUT2D eigenvalue weighted by molar-refractivity contribution is 9.10. The lowest BCUT2D eigenvalue weighted by molar-refractivity contribution is -0.126. The maximum absolute atomic E-state index is 11.4. The molecule has 0 bridgehead atoms. The van der Waals surface area contributed by atoms with Crippen molar-refractivity contribution in [1.29, 1.82) is 0 Å². The molecule has 1 N–H and O–H groups in total. The van der Waals surface area contributed by atoms with E-state index in [-0.39, 0.29) is 5.78 Å². The highest BCUT2D eigenvalue weighted by atomic mass is 79.9. The van der Waals surface area contributed by atoms with E-state index in [0.717, 1.165) is 10.0 Å². The maximum Gasteiger partial charge on any atom is 0.165 e. The van der Waals surface area contributed by atoms with Gasteiger partial charge in [-0.25, -0.2) is 0 Å². The third kappa shape index (κ3) is 3.24. The molecule has 0 fully saturated rings. The number of aliphatic hydroxyl groups is 1. The fraction of sp³-hybridized carbons (Fsp3) is 0.364. The van der Waals surface area contributed by atoms with Crippen LogP contribution in [0.15, 0.2) is 28.7 Å². The molecule has 1 aromatic carbocycles. The Morgan fingerprint density at radius 2 is 2.29 bits per heavy atom. The number of carbonyl (C=O) groups excluding carboxylic acids is 1. The van der Waals surface area contributed by atoms with E-state index in [2.05, 4.69) is 15.9 Å². The third-order valence-corrected chi connectivity index (χ3v) is 2.52. The molecule has 1 atom stereocenters. The van der Waals surface area contributed by atoms with Gasteiger partial charge >= 0.3 is 0 Å². The van der Waals surface area contributed by atoms with Crippen LogP contribution in [0.1, 0.15) is 18.9 Å². The Balaban J connectivity index is 2.65. The van der Waals surface area contributed by atoms with E-state index in [1.54, 1.807) is 6.92 Å². The van der Waals surface area contributed by atoms with Crippen molar-refractivity contribution >= 4 is 21.7 Å². The Morgan fingerprint density at radius 3 is 2.86 bits per heavy atom. The summed E-state index contributed by atoms with van der Waals surface area (Å²) in [6.07, 6.45) is -0.0460. The molecular weight excluding hydrogens is 244 g/mol. The fourth-order valence-electron chi connectivity index (χ4n) is 1.19. The Hall–Kier alpha value is -0.670. The highest BCUT2D eigenvalue weighted by Gasteiger charge is 2.12. The van der Waals surface area contributed by atoms with Crippen molar-refractivity contribution < 1.29 is 9.90 Å². The van der Waals surface area contributed by atoms with Crippen molar-refractivity contribution in [3.05, 3.63) is 34.3 Å². The Bertz CT molecular complexity index is 323. The van der Waals surface area contributed by atoms with Crippen LogP contribution in [0.3, 0.4) is 0 Å². The first-order valence-corrected chi connectivity index (χ1v) is 5.38. The summed E-state index contributed by atoms with van der Waals surface area (Å²) in [5, 5.41) is 9.30. The number of hydrogen-bond acceptors (Lipinski definition) is 2. The van der Waals surface area contributed by atoms with Crippen molar-refractivity contribution in [2.24, 2.45) is 0 Å². The lowest BCUT2D eigenvalue weighted by atomic mass is 10.0. The fourth-order valence-corrected chi connectivity index (χ4v) is 1.64. The zero-order chi connectivity index (χ0) is 10.6. The molecule has 76 valence electrons. The first-order valence-electron chi connectivity index (χ1n) is 4.58. The normalized spacial score (nSPS) is 12.5. The second-order valence-electron chi connectivity index (χ2n) is 3.20. The molecule has 0 aromatic heterocycles. The highest BCUT2D eigenvalue weighted by Crippen LogP contribution is 2.13. The standard InChI is InChI=1S/C11H13BrO2/c1-2-10(13)11(14)7-8-4-3-5-9(12)6-8/h3-6,10,13H,2,7H2,1H3. The maximum atomic E-state index is 11.4. The van der Waals surface area contributed by atoms with Gasteiger partial charge in [0.25, 0.3) is 0 Å². The van der Waals surface area contributed by atoms with E-state index in [9.17, 15) is 9.90 Å². The summed E-state index contributed by atoms with van der Waals surface area (Å²) < 4.78 is 0.953. The van der Waals surface area contributed by atoms with Crippen LogP contribution in [-0.4, -0.2) is 17.0 Å². The number of carbonyl (C=O) groups is 1. The van der Waals surface area contributed by atoms with Crippen molar-refractivity contribution in [3.8, 4) is 0 Å². The molecule has 0 spiro atoms. The average molecular weight is 257 g/mol. The van der Waals surface area contributed by atoms with Crippen LogP contribution >= 0.6 is 15.9 Å². The van der Waals surface area contributed by atoms with Gasteiger partial charge in [-0.1, -0.05) is 35.0 Å². The minimum atomic E-state index is -0.825. The van der Waals surface area contributed by atoms with Gasteiger partial charge in [-0.3, -0.25) is 4.79 Å². The molecule has 0 aliphatic carbocycles. The van der Waals surface area contributed by atoms with Crippen LogP contribution in [0, 0.1) is 0 Å². The zero-order valence-electron chi connectivity index (χ0n) is 8.03. The van der Waals surface area contributed by atoms with Crippen LogP contribution in [0.4, 0.5) is 0 Å². The molecule has 0 heterocycles. The monoisotopic (exact) mass is 256 g/mol. The molecule has 0 aliphatic rings. The van der Waals surface area contributed by atoms with Crippen LogP contribution in [0.5, 0.6) is 0 Å². The molecule has 0 saturated carbocycles. The minimum absolute atomic E-state index is 0.120. The van der Waals surface area contributed by atoms with E-state index >= 15 is 0 Å². The van der Waals surface area contributed by atoms with Crippen LogP contribution in [0.25, 0.3) is 0 Å². The van der Waals surface area contributed by atoms with Gasteiger partial charge in [0.05, 0.1) is 0 Å². The SMILES string of the molecule is CCC(O)C(=O)Cc1cccc(Br)c1. The van der Waals surface area contributed by atoms with Gasteiger partial charge in [0, 0.05) is 10.9 Å². The zero-order valence-corrected chi connectivity index (χ0v) is 9.62. The average Bonchev–Trinajstić information content (AvgIpc) is 2.16. The van der Waals surface area contributed by atoms with Crippen LogP contribution < -0.4 is 0 Å². The van der Waals surface area contributed by atoms with Crippen LogP contribution in [0.2, 0.25) is 0 Å². The molecule has 2 nitrogen and oxygen atoms in total. The summed E-state index contributed by atoms with van der Waals surface area (Å²) >= 11 is 3.33. The summed E-state index contributed by atoms with van der Waals surface area (Å²) in [4.78, 5) is 11.4. The Kier molecular flexibility index (Phi) is 4.29. The minimum Gasteiger partial charge on any atom is -0.385 e. The van der Waals surface area contributed by atoms with Crippen molar-refractivity contribution in [3.63, 3.8) is 0 Å². The summed E-state index contributed by atoms with van der Waals surface area (Å²) in [5.41, 5.74) is 0.928. The van der Waals surface area contributed by atoms with Crippen molar-refractivity contribution in [2.45, 2.75) is 25.9 Å². The van der Waals surface area contributed by atoms with Gasteiger partial charge in [-0.2, -0.15) is 0 Å². The van der Waals surface area contributed by atoms with Crippen molar-refractivity contribution in [2.75, 3.05) is 0 Å². The Labute approximate surface area is 92.1 Å². The molecule has 14 heavy (non-hydrogen) atoms. The number of rotatable bonds is 4. The van der Waals surface area contributed by atoms with E-state index in [0.29, 0.717) is 12.8 Å².